The molecule has 2 bridgehead atoms. The molecule has 1 N–H and O–H groups in total. The normalized spacial score (nSPS) is 29.0. The molecule has 0 radical (unpaired) electrons. The van der Waals surface area contributed by atoms with E-state index in [4.69, 9.17) is 16.3 Å². The molecule has 2 amide bonds. The molecule has 42 heavy (non-hydrogen) atoms. The number of aryl methyl sites for hydroxylation is 1. The summed E-state index contributed by atoms with van der Waals surface area (Å²) in [6.07, 6.45) is 0.839. The van der Waals surface area contributed by atoms with E-state index in [1.807, 2.05) is 30.3 Å². The lowest BCUT2D eigenvalue weighted by atomic mass is 9.68. The van der Waals surface area contributed by atoms with E-state index in [1.54, 1.807) is 36.0 Å². The molecule has 3 aromatic carbocycles. The third-order valence-corrected chi connectivity index (χ3v) is 12.5. The maximum Gasteiger partial charge on any atom is 0.305 e. The second-order valence-electron chi connectivity index (χ2n) is 11.7. The molecule has 7 atom stereocenters. The standard InChI is InChI=1S/C33H27ClN2O4S2/c1-16-6-2-3-7-17(16)15-40-23-9-5-4-8-20(23)24-25-21-14-22(28(25)41-30-29(24)42-33(39)35-30)27-26(21)31(37)36(32(27)38)19-12-10-18(34)11-13-19/h2-13,21-22,24-28H,14-15H2,1H3,(H,35,39)/t21?,22?,24-,25?,26?,27?,28?/m1/s1. The second-order valence-corrected chi connectivity index (χ2v) is 14.3. The molecule has 4 aliphatic rings. The lowest BCUT2D eigenvalue weighted by Gasteiger charge is -2.43. The van der Waals surface area contributed by atoms with Gasteiger partial charge in [0.25, 0.3) is 0 Å². The largest absolute Gasteiger partial charge is 0.489 e. The van der Waals surface area contributed by atoms with Crippen LogP contribution in [0.2, 0.25) is 5.02 Å². The number of H-pyrrole nitrogens is 1. The van der Waals surface area contributed by atoms with Gasteiger partial charge in [0.1, 0.15) is 12.4 Å². The number of thioether (sulfide) groups is 1. The number of carbonyl (C=O) groups is 2. The molecule has 1 aromatic heterocycles. The van der Waals surface area contributed by atoms with E-state index in [1.165, 1.54) is 21.8 Å². The van der Waals surface area contributed by atoms with Crippen LogP contribution in [-0.2, 0) is 16.2 Å². The lowest BCUT2D eigenvalue weighted by Crippen LogP contribution is -2.42. The minimum atomic E-state index is -0.361. The molecule has 8 rings (SSSR count). The predicted octanol–water partition coefficient (Wildman–Crippen LogP) is 6.66. The summed E-state index contributed by atoms with van der Waals surface area (Å²) in [6.45, 7) is 2.52. The van der Waals surface area contributed by atoms with Gasteiger partial charge in [0.05, 0.1) is 22.5 Å². The zero-order chi connectivity index (χ0) is 28.7. The van der Waals surface area contributed by atoms with Crippen LogP contribution in [0.5, 0.6) is 5.75 Å². The van der Waals surface area contributed by atoms with Crippen molar-refractivity contribution in [2.75, 3.05) is 4.90 Å². The highest BCUT2D eigenvalue weighted by molar-refractivity contribution is 8.00. The summed E-state index contributed by atoms with van der Waals surface area (Å²) in [5, 5.41) is 1.57. The number of fused-ring (bicyclic) bond motifs is 9. The maximum absolute atomic E-state index is 14.0. The van der Waals surface area contributed by atoms with Crippen molar-refractivity contribution < 1.29 is 14.3 Å². The Hall–Kier alpha value is -3.33. The van der Waals surface area contributed by atoms with Gasteiger partial charge in [0.15, 0.2) is 0 Å². The molecule has 9 heteroatoms. The average Bonchev–Trinajstić information content (AvgIpc) is 3.72. The average molecular weight is 615 g/mol. The molecule has 1 saturated heterocycles. The molecule has 3 heterocycles. The molecule has 2 aliphatic carbocycles. The van der Waals surface area contributed by atoms with Gasteiger partial charge in [0.2, 0.25) is 11.8 Å². The fourth-order valence-electron chi connectivity index (χ4n) is 8.01. The number of aromatic nitrogens is 1. The van der Waals surface area contributed by atoms with Crippen LogP contribution in [0.3, 0.4) is 0 Å². The number of nitrogens with zero attached hydrogens (tertiary/aromatic N) is 1. The van der Waals surface area contributed by atoms with Crippen molar-refractivity contribution in [3.8, 4) is 5.75 Å². The third-order valence-electron chi connectivity index (χ3n) is 9.71. The van der Waals surface area contributed by atoms with Gasteiger partial charge in [-0.1, -0.05) is 65.4 Å². The van der Waals surface area contributed by atoms with Gasteiger partial charge >= 0.3 is 4.87 Å². The molecular weight excluding hydrogens is 588 g/mol. The predicted molar refractivity (Wildman–Crippen MR) is 164 cm³/mol. The van der Waals surface area contributed by atoms with Gasteiger partial charge in [-0.25, -0.2) is 0 Å². The van der Waals surface area contributed by atoms with Crippen LogP contribution in [0.15, 0.2) is 82.6 Å². The van der Waals surface area contributed by atoms with Gasteiger partial charge in [-0.15, -0.1) is 11.8 Å². The lowest BCUT2D eigenvalue weighted by molar-refractivity contribution is -0.123. The number of imide groups is 1. The summed E-state index contributed by atoms with van der Waals surface area (Å²) in [6, 6.07) is 23.2. The molecule has 4 aromatic rings. The molecule has 3 fully saturated rings. The number of aromatic amines is 1. The summed E-state index contributed by atoms with van der Waals surface area (Å²) < 4.78 is 6.49. The summed E-state index contributed by atoms with van der Waals surface area (Å²) in [5.74, 6) is -0.0435. The first-order chi connectivity index (χ1) is 20.4. The highest BCUT2D eigenvalue weighted by Crippen LogP contribution is 2.69. The van der Waals surface area contributed by atoms with Crippen molar-refractivity contribution in [1.29, 1.82) is 0 Å². The minimum absolute atomic E-state index is 0.0334. The fourth-order valence-corrected chi connectivity index (χ4v) is 11.0. The van der Waals surface area contributed by atoms with Crippen LogP contribution in [0, 0.1) is 36.5 Å². The summed E-state index contributed by atoms with van der Waals surface area (Å²) in [4.78, 5) is 45.9. The Morgan fingerprint density at radius 2 is 1.64 bits per heavy atom. The van der Waals surface area contributed by atoms with Crippen LogP contribution in [-0.4, -0.2) is 22.0 Å². The quantitative estimate of drug-likeness (QED) is 0.255. The topological polar surface area (TPSA) is 79.5 Å². The van der Waals surface area contributed by atoms with Crippen LogP contribution in [0.1, 0.15) is 33.9 Å². The summed E-state index contributed by atoms with van der Waals surface area (Å²) >= 11 is 9.05. The molecular formula is C33H27ClN2O4S2. The van der Waals surface area contributed by atoms with E-state index >= 15 is 0 Å². The van der Waals surface area contributed by atoms with Gasteiger partial charge in [-0.05, 0) is 72.6 Å². The number of thiazole rings is 1. The number of para-hydroxylation sites is 1. The molecule has 0 spiro atoms. The Kier molecular flexibility index (Phi) is 6.18. The van der Waals surface area contributed by atoms with E-state index in [0.29, 0.717) is 17.3 Å². The van der Waals surface area contributed by atoms with Crippen molar-refractivity contribution >= 4 is 52.2 Å². The zero-order valence-electron chi connectivity index (χ0n) is 22.7. The summed E-state index contributed by atoms with van der Waals surface area (Å²) in [7, 11) is 0. The first kappa shape index (κ1) is 26.3. The fraction of sp³-hybridized carbons (Fsp3) is 0.303. The van der Waals surface area contributed by atoms with Gasteiger partial charge in [-0.3, -0.25) is 19.3 Å². The van der Waals surface area contributed by atoms with Gasteiger partial charge < -0.3 is 9.72 Å². The van der Waals surface area contributed by atoms with Crippen LogP contribution >= 0.6 is 34.7 Å². The van der Waals surface area contributed by atoms with Crippen molar-refractivity contribution in [2.24, 2.45) is 29.6 Å². The minimum Gasteiger partial charge on any atom is -0.489 e. The van der Waals surface area contributed by atoms with Crippen LogP contribution in [0.25, 0.3) is 0 Å². The van der Waals surface area contributed by atoms with Crippen LogP contribution in [0.4, 0.5) is 5.69 Å². The SMILES string of the molecule is Cc1ccccc1COc1ccccc1[C@H]1c2sc(=O)[nH]c2SC2C3CC(C4C(=O)N(c5ccc(Cl)cc5)C(=O)C34)C21. The Balaban J connectivity index is 1.19. The van der Waals surface area contributed by atoms with E-state index in [9.17, 15) is 14.4 Å². The number of halogens is 1. The van der Waals surface area contributed by atoms with Crippen molar-refractivity contribution in [3.63, 3.8) is 0 Å². The molecule has 6 unspecified atom stereocenters. The van der Waals surface area contributed by atoms with Crippen molar-refractivity contribution in [2.45, 2.75) is 36.1 Å². The second kappa shape index (κ2) is 9.86. The Morgan fingerprint density at radius 1 is 0.929 bits per heavy atom. The molecule has 2 aliphatic heterocycles. The van der Waals surface area contributed by atoms with E-state index in [2.05, 4.69) is 30.1 Å². The van der Waals surface area contributed by atoms with Crippen molar-refractivity contribution in [3.05, 3.63) is 109 Å². The first-order valence-corrected chi connectivity index (χ1v) is 16.3. The maximum atomic E-state index is 14.0. The first-order valence-electron chi connectivity index (χ1n) is 14.2. The highest BCUT2D eigenvalue weighted by atomic mass is 35.5. The molecule has 212 valence electrons. The number of amides is 2. The Morgan fingerprint density at radius 3 is 2.43 bits per heavy atom. The monoisotopic (exact) mass is 614 g/mol. The number of ether oxygens (including phenoxy) is 1. The third kappa shape index (κ3) is 3.88. The van der Waals surface area contributed by atoms with E-state index in [0.717, 1.165) is 33.2 Å². The Labute approximate surface area is 256 Å². The number of carbonyl (C=O) groups excluding carboxylic acids is 2. The smallest absolute Gasteiger partial charge is 0.305 e. The van der Waals surface area contributed by atoms with Gasteiger partial charge in [-0.2, -0.15) is 0 Å². The zero-order valence-corrected chi connectivity index (χ0v) is 25.0. The number of hydrogen-bond donors (Lipinski definition) is 1. The molecule has 2 saturated carbocycles. The summed E-state index contributed by atoms with van der Waals surface area (Å²) in [5.41, 5.74) is 3.91. The van der Waals surface area contributed by atoms with E-state index in [-0.39, 0.29) is 57.4 Å². The van der Waals surface area contributed by atoms with Crippen LogP contribution < -0.4 is 14.5 Å². The number of rotatable bonds is 5. The van der Waals surface area contributed by atoms with E-state index < -0.39 is 0 Å². The number of benzene rings is 3. The number of hydrogen-bond acceptors (Lipinski definition) is 6. The molecule has 6 nitrogen and oxygen atoms in total. The number of nitrogens with one attached hydrogen (secondary N) is 1. The number of anilines is 1. The Bertz CT molecular complexity index is 1800. The van der Waals surface area contributed by atoms with Gasteiger partial charge in [0, 0.05) is 26.6 Å². The highest BCUT2D eigenvalue weighted by Gasteiger charge is 2.69. The van der Waals surface area contributed by atoms with Crippen molar-refractivity contribution in [1.82, 2.24) is 4.98 Å².